The first-order valence-electron chi connectivity index (χ1n) is 9.30. The standard InChI is InChI=1S/C21H19BrClN3O5/c1-30-6-5-26-19(10-7-13(22)20(28)15(8-10)31-2)16-17(24-25-18(16)21(26)29)12-9-11(23)3-4-14(12)27/h3-4,7-9,19,27-28H,5-6H2,1-2H3,(H,24,25). The SMILES string of the molecule is COCCN1C(=O)c2[nH]nc(-c3cc(Cl)ccc3O)c2C1c1cc(Br)c(O)c(OC)c1. The van der Waals surface area contributed by atoms with Gasteiger partial charge < -0.3 is 24.6 Å². The van der Waals surface area contributed by atoms with Crippen LogP contribution in [0.1, 0.15) is 27.7 Å². The number of benzene rings is 2. The van der Waals surface area contributed by atoms with Crippen molar-refractivity contribution in [2.45, 2.75) is 6.04 Å². The van der Waals surface area contributed by atoms with Crippen molar-refractivity contribution in [2.24, 2.45) is 0 Å². The predicted octanol–water partition coefficient (Wildman–Crippen LogP) is 4.10. The van der Waals surface area contributed by atoms with Crippen molar-refractivity contribution in [3.8, 4) is 28.5 Å². The summed E-state index contributed by atoms with van der Waals surface area (Å²) < 4.78 is 10.9. The van der Waals surface area contributed by atoms with E-state index in [0.717, 1.165) is 0 Å². The minimum atomic E-state index is -0.560. The van der Waals surface area contributed by atoms with Crippen molar-refractivity contribution in [1.29, 1.82) is 0 Å². The molecule has 10 heteroatoms. The number of carbonyl (C=O) groups excluding carboxylic acids is 1. The van der Waals surface area contributed by atoms with Gasteiger partial charge in [-0.25, -0.2) is 0 Å². The number of rotatable bonds is 6. The molecule has 162 valence electrons. The van der Waals surface area contributed by atoms with E-state index in [1.54, 1.807) is 36.3 Å². The zero-order chi connectivity index (χ0) is 22.3. The Morgan fingerprint density at radius 3 is 2.74 bits per heavy atom. The number of phenols is 2. The molecule has 1 atom stereocenters. The number of aromatic nitrogens is 2. The lowest BCUT2D eigenvalue weighted by Crippen LogP contribution is -2.32. The van der Waals surface area contributed by atoms with E-state index in [9.17, 15) is 15.0 Å². The summed E-state index contributed by atoms with van der Waals surface area (Å²) in [5.74, 6) is -0.0445. The normalized spacial score (nSPS) is 15.4. The van der Waals surface area contributed by atoms with Gasteiger partial charge in [0.1, 0.15) is 17.1 Å². The highest BCUT2D eigenvalue weighted by Crippen LogP contribution is 2.47. The van der Waals surface area contributed by atoms with Gasteiger partial charge in [-0.1, -0.05) is 11.6 Å². The molecule has 0 spiro atoms. The van der Waals surface area contributed by atoms with Crippen molar-refractivity contribution >= 4 is 33.4 Å². The zero-order valence-electron chi connectivity index (χ0n) is 16.6. The topological polar surface area (TPSA) is 108 Å². The molecule has 1 aliphatic rings. The highest BCUT2D eigenvalue weighted by Gasteiger charge is 2.42. The Kier molecular flexibility index (Phi) is 5.83. The van der Waals surface area contributed by atoms with Crippen LogP contribution in [0.15, 0.2) is 34.8 Å². The quantitative estimate of drug-likeness (QED) is 0.463. The number of phenolic OH excluding ortho intramolecular Hbond substituents is 2. The van der Waals surface area contributed by atoms with Gasteiger partial charge in [0.15, 0.2) is 11.5 Å². The summed E-state index contributed by atoms with van der Waals surface area (Å²) >= 11 is 9.50. The first kappa shape index (κ1) is 21.5. The maximum Gasteiger partial charge on any atom is 0.273 e. The molecule has 0 bridgehead atoms. The van der Waals surface area contributed by atoms with Crippen molar-refractivity contribution in [1.82, 2.24) is 15.1 Å². The minimum absolute atomic E-state index is 0.00953. The Morgan fingerprint density at radius 2 is 2.03 bits per heavy atom. The molecule has 3 N–H and O–H groups in total. The van der Waals surface area contributed by atoms with Crippen molar-refractivity contribution in [3.05, 3.63) is 56.6 Å². The Hall–Kier alpha value is -2.75. The van der Waals surface area contributed by atoms with Gasteiger partial charge >= 0.3 is 0 Å². The van der Waals surface area contributed by atoms with Gasteiger partial charge in [0.25, 0.3) is 5.91 Å². The lowest BCUT2D eigenvalue weighted by Gasteiger charge is -2.27. The summed E-state index contributed by atoms with van der Waals surface area (Å²) in [7, 11) is 3.01. The van der Waals surface area contributed by atoms with Gasteiger partial charge in [-0.3, -0.25) is 9.89 Å². The van der Waals surface area contributed by atoms with Crippen LogP contribution < -0.4 is 4.74 Å². The van der Waals surface area contributed by atoms with Crippen LogP contribution in [0.4, 0.5) is 0 Å². The van der Waals surface area contributed by atoms with E-state index in [1.165, 1.54) is 13.2 Å². The molecular weight excluding hydrogens is 490 g/mol. The second-order valence-electron chi connectivity index (χ2n) is 6.97. The summed E-state index contributed by atoms with van der Waals surface area (Å²) in [6.45, 7) is 0.651. The smallest absolute Gasteiger partial charge is 0.273 e. The summed E-state index contributed by atoms with van der Waals surface area (Å²) in [4.78, 5) is 14.9. The van der Waals surface area contributed by atoms with Crippen molar-refractivity contribution in [2.75, 3.05) is 27.4 Å². The molecule has 1 aromatic heterocycles. The number of hydrogen-bond donors (Lipinski definition) is 3. The molecule has 4 rings (SSSR count). The monoisotopic (exact) mass is 507 g/mol. The van der Waals surface area contributed by atoms with Gasteiger partial charge in [0, 0.05) is 29.8 Å². The molecule has 2 heterocycles. The van der Waals surface area contributed by atoms with Crippen LogP contribution in [-0.2, 0) is 4.74 Å². The van der Waals surface area contributed by atoms with E-state index < -0.39 is 6.04 Å². The molecule has 0 aliphatic carbocycles. The number of nitrogens with zero attached hydrogens (tertiary/aromatic N) is 2. The molecule has 31 heavy (non-hydrogen) atoms. The molecule has 0 saturated carbocycles. The number of amides is 1. The largest absolute Gasteiger partial charge is 0.507 e. The highest BCUT2D eigenvalue weighted by atomic mass is 79.9. The van der Waals surface area contributed by atoms with Gasteiger partial charge in [-0.2, -0.15) is 5.10 Å². The van der Waals surface area contributed by atoms with Gasteiger partial charge in [0.05, 0.1) is 24.2 Å². The lowest BCUT2D eigenvalue weighted by atomic mass is 9.95. The Bertz CT molecular complexity index is 1170. The third-order valence-electron chi connectivity index (χ3n) is 5.20. The summed E-state index contributed by atoms with van der Waals surface area (Å²) in [6.07, 6.45) is 0. The van der Waals surface area contributed by atoms with Crippen LogP contribution in [-0.4, -0.2) is 58.6 Å². The van der Waals surface area contributed by atoms with E-state index in [2.05, 4.69) is 26.1 Å². The molecule has 8 nitrogen and oxygen atoms in total. The molecule has 0 radical (unpaired) electrons. The maximum absolute atomic E-state index is 13.2. The first-order valence-corrected chi connectivity index (χ1v) is 10.5. The molecule has 0 saturated heterocycles. The fourth-order valence-corrected chi connectivity index (χ4v) is 4.41. The maximum atomic E-state index is 13.2. The molecule has 1 amide bonds. The first-order chi connectivity index (χ1) is 14.9. The lowest BCUT2D eigenvalue weighted by molar-refractivity contribution is 0.0677. The number of halogens is 2. The number of aromatic amines is 1. The number of fused-ring (bicyclic) bond motifs is 1. The van der Waals surface area contributed by atoms with Gasteiger partial charge in [-0.15, -0.1) is 0 Å². The number of methoxy groups -OCH3 is 2. The van der Waals surface area contributed by atoms with E-state index in [1.807, 2.05) is 0 Å². The summed E-state index contributed by atoms with van der Waals surface area (Å²) in [5.41, 5.74) is 2.42. The minimum Gasteiger partial charge on any atom is -0.507 e. The van der Waals surface area contributed by atoms with Crippen LogP contribution in [0.2, 0.25) is 5.02 Å². The Labute approximate surface area is 191 Å². The molecule has 0 fully saturated rings. The average molecular weight is 509 g/mol. The predicted molar refractivity (Wildman–Crippen MR) is 118 cm³/mol. The van der Waals surface area contributed by atoms with Crippen molar-refractivity contribution in [3.63, 3.8) is 0 Å². The number of H-pyrrole nitrogens is 1. The third-order valence-corrected chi connectivity index (χ3v) is 6.04. The van der Waals surface area contributed by atoms with Crippen LogP contribution in [0.3, 0.4) is 0 Å². The molecule has 1 unspecified atom stereocenters. The van der Waals surface area contributed by atoms with Gasteiger partial charge in [0.2, 0.25) is 0 Å². The van der Waals surface area contributed by atoms with Crippen molar-refractivity contribution < 1.29 is 24.5 Å². The summed E-state index contributed by atoms with van der Waals surface area (Å²) in [5, 5.41) is 28.2. The molecular formula is C21H19BrClN3O5. The second-order valence-corrected chi connectivity index (χ2v) is 8.26. The van der Waals surface area contributed by atoms with E-state index in [4.69, 9.17) is 21.1 Å². The summed E-state index contributed by atoms with van der Waals surface area (Å²) in [6, 6.07) is 7.48. The van der Waals surface area contributed by atoms with E-state index in [0.29, 0.717) is 50.7 Å². The fraction of sp³-hybridized carbons (Fsp3) is 0.238. The second kappa shape index (κ2) is 8.41. The number of ether oxygens (including phenoxy) is 2. The molecule has 1 aliphatic heterocycles. The van der Waals surface area contributed by atoms with Crippen LogP contribution in [0.25, 0.3) is 11.3 Å². The van der Waals surface area contributed by atoms with E-state index in [-0.39, 0.29) is 23.2 Å². The number of carbonyl (C=O) groups is 1. The van der Waals surface area contributed by atoms with Crippen LogP contribution >= 0.6 is 27.5 Å². The fourth-order valence-electron chi connectivity index (χ4n) is 3.77. The molecule has 2 aromatic carbocycles. The van der Waals surface area contributed by atoms with Crippen LogP contribution in [0, 0.1) is 0 Å². The van der Waals surface area contributed by atoms with Gasteiger partial charge in [-0.05, 0) is 51.8 Å². The Balaban J connectivity index is 1.94. The molecule has 3 aromatic rings. The number of aromatic hydroxyl groups is 2. The highest BCUT2D eigenvalue weighted by molar-refractivity contribution is 9.10. The van der Waals surface area contributed by atoms with Crippen LogP contribution in [0.5, 0.6) is 17.2 Å². The third kappa shape index (κ3) is 3.62. The van der Waals surface area contributed by atoms with E-state index >= 15 is 0 Å². The number of hydrogen-bond acceptors (Lipinski definition) is 6. The average Bonchev–Trinajstić information content (AvgIpc) is 3.29. The Morgan fingerprint density at radius 1 is 1.26 bits per heavy atom. The number of nitrogens with one attached hydrogen (secondary N) is 1. The zero-order valence-corrected chi connectivity index (χ0v) is 19.0.